The Hall–Kier alpha value is 0.588. The quantitative estimate of drug-likeness (QED) is 0.146. The van der Waals surface area contributed by atoms with Gasteiger partial charge in [0, 0.05) is 0 Å². The largest absolute Gasteiger partial charge is 0.416 e. The molecule has 0 aromatic heterocycles. The Kier molecular flexibility index (Phi) is 9.42. The Morgan fingerprint density at radius 2 is 0.688 bits per heavy atom. The summed E-state index contributed by atoms with van der Waals surface area (Å²) >= 11 is 0. The lowest BCUT2D eigenvalue weighted by Crippen LogP contribution is -2.67. The first-order valence-corrected chi connectivity index (χ1v) is 30.9. The highest BCUT2D eigenvalue weighted by atomic mass is 28.5. The number of epoxide rings is 3. The van der Waals surface area contributed by atoms with Crippen LogP contribution in [-0.2, 0) is 30.7 Å². The van der Waals surface area contributed by atoms with Crippen LogP contribution in [0.4, 0.5) is 0 Å². The van der Waals surface area contributed by atoms with Crippen LogP contribution in [0.2, 0.25) is 50.4 Å². The van der Waals surface area contributed by atoms with Crippen LogP contribution in [0.25, 0.3) is 0 Å². The van der Waals surface area contributed by atoms with E-state index in [2.05, 4.69) is 26.2 Å². The maximum atomic E-state index is 7.70. The highest BCUT2D eigenvalue weighted by molar-refractivity contribution is 6.93. The molecule has 272 valence electrons. The standard InChI is InChI=1S/C37H66O7Si4/c1-45(17-13-26-5-9-30-25-31(30)21-26)41-46(2,18-14-27-6-10-32-35(22-27)38-32)43-48(4,20-16-29-8-12-34-37(24-29)40-34)44-47(3,42-45)19-15-28-7-11-33-36(23-28)39-33/h26-37H,5-25H2,1-4H3. The van der Waals surface area contributed by atoms with Crippen LogP contribution in [0.5, 0.6) is 0 Å². The highest BCUT2D eigenvalue weighted by Gasteiger charge is 2.58. The molecule has 4 aliphatic heterocycles. The van der Waals surface area contributed by atoms with Crippen LogP contribution in [0.1, 0.15) is 109 Å². The highest BCUT2D eigenvalue weighted by Crippen LogP contribution is 2.53. The van der Waals surface area contributed by atoms with Gasteiger partial charge in [-0.15, -0.1) is 0 Å². The van der Waals surface area contributed by atoms with Crippen LogP contribution < -0.4 is 0 Å². The summed E-state index contributed by atoms with van der Waals surface area (Å²) in [6.07, 6.45) is 25.3. The fourth-order valence-corrected chi connectivity index (χ4v) is 35.4. The lowest BCUT2D eigenvalue weighted by molar-refractivity contribution is 0.210. The third kappa shape index (κ3) is 8.21. The third-order valence-corrected chi connectivity index (χ3v) is 33.3. The maximum Gasteiger partial charge on any atom is 0.317 e. The van der Waals surface area contributed by atoms with Crippen molar-refractivity contribution in [1.29, 1.82) is 0 Å². The Morgan fingerprint density at radius 3 is 1.02 bits per heavy atom. The van der Waals surface area contributed by atoms with E-state index in [9.17, 15) is 0 Å². The molecule has 0 amide bonds. The third-order valence-electron chi connectivity index (χ3n) is 14.7. The van der Waals surface area contributed by atoms with Gasteiger partial charge in [-0.3, -0.25) is 0 Å². The second kappa shape index (κ2) is 13.2. The first kappa shape index (κ1) is 34.4. The molecule has 5 saturated carbocycles. The molecule has 9 aliphatic rings. The molecule has 4 saturated heterocycles. The molecule has 0 spiro atoms. The topological polar surface area (TPSA) is 74.5 Å². The average Bonchev–Trinajstić information content (AvgIpc) is 3.85. The molecule has 0 radical (unpaired) electrons. The van der Waals surface area contributed by atoms with E-state index in [-0.39, 0.29) is 0 Å². The summed E-state index contributed by atoms with van der Waals surface area (Å²) in [7, 11) is -10.3. The van der Waals surface area contributed by atoms with Crippen LogP contribution in [0.3, 0.4) is 0 Å². The minimum atomic E-state index is -2.58. The molecule has 14 atom stereocenters. The van der Waals surface area contributed by atoms with Crippen molar-refractivity contribution < 1.29 is 30.7 Å². The van der Waals surface area contributed by atoms with Gasteiger partial charge in [-0.2, -0.15) is 0 Å². The zero-order chi connectivity index (χ0) is 32.7. The molecular formula is C37H66O7Si4. The van der Waals surface area contributed by atoms with Gasteiger partial charge in [0.2, 0.25) is 0 Å². The van der Waals surface area contributed by atoms with E-state index in [0.717, 1.165) is 59.7 Å². The predicted octanol–water partition coefficient (Wildman–Crippen LogP) is 9.05. The van der Waals surface area contributed by atoms with Gasteiger partial charge in [0.25, 0.3) is 0 Å². The molecule has 0 aromatic rings. The van der Waals surface area contributed by atoms with Gasteiger partial charge < -0.3 is 30.7 Å². The fraction of sp³-hybridized carbons (Fsp3) is 1.00. The van der Waals surface area contributed by atoms with Crippen LogP contribution in [-0.4, -0.2) is 70.9 Å². The maximum absolute atomic E-state index is 7.70. The average molecular weight is 735 g/mol. The number of fused-ring (bicyclic) bond motifs is 4. The summed E-state index contributed by atoms with van der Waals surface area (Å²) in [5.74, 6) is 5.15. The molecule has 7 nitrogen and oxygen atoms in total. The molecule has 0 N–H and O–H groups in total. The molecular weight excluding hydrogens is 669 g/mol. The number of ether oxygens (including phenoxy) is 3. The smallest absolute Gasteiger partial charge is 0.317 e. The van der Waals surface area contributed by atoms with Gasteiger partial charge in [-0.05, 0) is 189 Å². The van der Waals surface area contributed by atoms with Crippen molar-refractivity contribution in [2.75, 3.05) is 0 Å². The molecule has 5 aliphatic carbocycles. The molecule has 4 heterocycles. The van der Waals surface area contributed by atoms with Gasteiger partial charge in [0.1, 0.15) is 0 Å². The van der Waals surface area contributed by atoms with Crippen LogP contribution >= 0.6 is 0 Å². The van der Waals surface area contributed by atoms with E-state index >= 15 is 0 Å². The molecule has 0 aromatic carbocycles. The second-order valence-electron chi connectivity index (χ2n) is 19.2. The number of hydrogen-bond donors (Lipinski definition) is 0. The van der Waals surface area contributed by atoms with Gasteiger partial charge in [-0.25, -0.2) is 0 Å². The summed E-state index contributed by atoms with van der Waals surface area (Å²) in [5.41, 5.74) is 0. The van der Waals surface area contributed by atoms with Gasteiger partial charge in [0.05, 0.1) is 36.6 Å². The molecule has 0 bridgehead atoms. The predicted molar refractivity (Wildman–Crippen MR) is 195 cm³/mol. The Morgan fingerprint density at radius 1 is 0.354 bits per heavy atom. The first-order valence-electron chi connectivity index (χ1n) is 20.8. The van der Waals surface area contributed by atoms with Crippen molar-refractivity contribution in [3.05, 3.63) is 0 Å². The minimum absolute atomic E-state index is 0.529. The van der Waals surface area contributed by atoms with E-state index in [1.165, 1.54) is 109 Å². The van der Waals surface area contributed by atoms with Gasteiger partial charge in [0.15, 0.2) is 0 Å². The van der Waals surface area contributed by atoms with E-state index in [1.54, 1.807) is 0 Å². The van der Waals surface area contributed by atoms with E-state index in [1.807, 2.05) is 0 Å². The van der Waals surface area contributed by atoms with Crippen molar-refractivity contribution in [3.8, 4) is 0 Å². The normalized spacial score (nSPS) is 55.2. The Labute approximate surface area is 295 Å². The molecule has 48 heavy (non-hydrogen) atoms. The second-order valence-corrected chi connectivity index (χ2v) is 33.5. The zero-order valence-electron chi connectivity index (χ0n) is 30.6. The molecule has 14 unspecified atom stereocenters. The monoisotopic (exact) mass is 734 g/mol. The van der Waals surface area contributed by atoms with Crippen LogP contribution in [0, 0.1) is 35.5 Å². The van der Waals surface area contributed by atoms with Gasteiger partial charge in [-0.1, -0.05) is 6.42 Å². The SMILES string of the molecule is C[Si]1(CCC2CCC3CC3C2)O[Si](C)(CCC2CCC3OC3C2)O[Si](C)(CCC2CCC3OC3C2)O[Si](C)(CCC2CCC3OC3C2)O1. The summed E-state index contributed by atoms with van der Waals surface area (Å²) in [6, 6.07) is 4.32. The number of rotatable bonds is 12. The van der Waals surface area contributed by atoms with E-state index in [0.29, 0.717) is 36.6 Å². The molecule has 9 rings (SSSR count). The minimum Gasteiger partial charge on any atom is -0.416 e. The summed E-state index contributed by atoms with van der Waals surface area (Å²) < 4.78 is 48.6. The van der Waals surface area contributed by atoms with Crippen molar-refractivity contribution in [2.45, 2.75) is 196 Å². The van der Waals surface area contributed by atoms with Crippen LogP contribution in [0.15, 0.2) is 0 Å². The Bertz CT molecular complexity index is 993. The fourth-order valence-electron chi connectivity index (χ4n) is 11.6. The van der Waals surface area contributed by atoms with Gasteiger partial charge >= 0.3 is 34.2 Å². The Balaban J connectivity index is 0.939. The van der Waals surface area contributed by atoms with E-state index in [4.69, 9.17) is 30.7 Å². The summed E-state index contributed by atoms with van der Waals surface area (Å²) in [4.78, 5) is 0. The van der Waals surface area contributed by atoms with Crippen molar-refractivity contribution in [3.63, 3.8) is 0 Å². The summed E-state index contributed by atoms with van der Waals surface area (Å²) in [6.45, 7) is 9.70. The van der Waals surface area contributed by atoms with E-state index < -0.39 is 34.2 Å². The first-order chi connectivity index (χ1) is 23.0. The lowest BCUT2D eigenvalue weighted by atomic mass is 9.87. The van der Waals surface area contributed by atoms with Crippen molar-refractivity contribution in [1.82, 2.24) is 0 Å². The zero-order valence-corrected chi connectivity index (χ0v) is 34.6. The summed E-state index contributed by atoms with van der Waals surface area (Å²) in [5, 5.41) is 0. The van der Waals surface area contributed by atoms with Crippen molar-refractivity contribution in [2.24, 2.45) is 35.5 Å². The number of hydrogen-bond acceptors (Lipinski definition) is 7. The van der Waals surface area contributed by atoms with Crippen molar-refractivity contribution >= 4 is 34.2 Å². The lowest BCUT2D eigenvalue weighted by Gasteiger charge is -2.51. The molecule has 11 heteroatoms. The molecule has 9 fully saturated rings.